The maximum absolute atomic E-state index is 12.1. The Morgan fingerprint density at radius 2 is 1.88 bits per heavy atom. The minimum absolute atomic E-state index is 0.290. The normalized spacial score (nSPS) is 17.2. The Hall–Kier alpha value is -2.29. The molecule has 1 aromatic heterocycles. The molecule has 0 radical (unpaired) electrons. The van der Waals surface area contributed by atoms with Crippen LogP contribution in [0.25, 0.3) is 0 Å². The average molecular weight is 403 g/mol. The maximum atomic E-state index is 12.1. The van der Waals surface area contributed by atoms with E-state index in [9.17, 15) is 13.2 Å². The minimum atomic E-state index is -4.71. The number of pyridine rings is 1. The molecule has 3 rings (SSSR count). The van der Waals surface area contributed by atoms with Crippen molar-refractivity contribution in [2.45, 2.75) is 18.9 Å². The van der Waals surface area contributed by atoms with Crippen molar-refractivity contribution in [3.05, 3.63) is 52.8 Å². The molecule has 126 valence electrons. The lowest BCUT2D eigenvalue weighted by atomic mass is 10.1. The van der Waals surface area contributed by atoms with E-state index in [0.29, 0.717) is 23.6 Å². The first-order chi connectivity index (χ1) is 11.4. The minimum Gasteiger partial charge on any atom is -0.438 e. The van der Waals surface area contributed by atoms with Gasteiger partial charge in [-0.15, -0.1) is 13.2 Å². The van der Waals surface area contributed by atoms with Gasteiger partial charge in [-0.1, -0.05) is 17.3 Å². The summed E-state index contributed by atoms with van der Waals surface area (Å²) < 4.78 is 46.6. The van der Waals surface area contributed by atoms with Gasteiger partial charge in [-0.05, 0) is 39.7 Å². The van der Waals surface area contributed by atoms with E-state index < -0.39 is 12.5 Å². The van der Waals surface area contributed by atoms with Crippen molar-refractivity contribution in [2.75, 3.05) is 0 Å². The highest BCUT2D eigenvalue weighted by Crippen LogP contribution is 2.31. The Morgan fingerprint density at radius 1 is 1.12 bits per heavy atom. The van der Waals surface area contributed by atoms with Crippen LogP contribution in [0.15, 0.2) is 52.4 Å². The highest BCUT2D eigenvalue weighted by molar-refractivity contribution is 9.10. The second kappa shape index (κ2) is 6.68. The molecule has 1 aliphatic rings. The molecule has 2 aromatic rings. The van der Waals surface area contributed by atoms with E-state index in [4.69, 9.17) is 9.57 Å². The average Bonchev–Trinajstić information content (AvgIpc) is 2.95. The third-order valence-electron chi connectivity index (χ3n) is 3.04. The highest BCUT2D eigenvalue weighted by Gasteiger charge is 2.31. The fourth-order valence-electron chi connectivity index (χ4n) is 2.06. The van der Waals surface area contributed by atoms with Crippen molar-refractivity contribution in [3.63, 3.8) is 0 Å². The molecule has 0 N–H and O–H groups in total. The van der Waals surface area contributed by atoms with E-state index >= 15 is 0 Å². The van der Waals surface area contributed by atoms with Gasteiger partial charge in [-0.3, -0.25) is 4.98 Å². The van der Waals surface area contributed by atoms with Crippen LogP contribution in [0.1, 0.15) is 18.1 Å². The van der Waals surface area contributed by atoms with Crippen LogP contribution in [0.3, 0.4) is 0 Å². The SMILES string of the molecule is FC(F)(F)Oc1ccc([C@@H]2CC(Oc3cncc(Br)c3)=NO2)cc1. The summed E-state index contributed by atoms with van der Waals surface area (Å²) in [6.07, 6.45) is -1.64. The number of nitrogens with zero attached hydrogens (tertiary/aromatic N) is 2. The van der Waals surface area contributed by atoms with Crippen LogP contribution in [-0.2, 0) is 4.84 Å². The van der Waals surface area contributed by atoms with Crippen LogP contribution >= 0.6 is 15.9 Å². The quantitative estimate of drug-likeness (QED) is 0.752. The van der Waals surface area contributed by atoms with Gasteiger partial charge >= 0.3 is 6.36 Å². The topological polar surface area (TPSA) is 52.9 Å². The third-order valence-corrected chi connectivity index (χ3v) is 3.48. The monoisotopic (exact) mass is 402 g/mol. The molecule has 0 saturated carbocycles. The fraction of sp³-hybridized carbons (Fsp3) is 0.200. The maximum Gasteiger partial charge on any atom is 0.573 e. The summed E-state index contributed by atoms with van der Waals surface area (Å²) in [7, 11) is 0. The van der Waals surface area contributed by atoms with Crippen molar-refractivity contribution in [3.8, 4) is 11.5 Å². The molecule has 0 aliphatic carbocycles. The number of aromatic nitrogens is 1. The first-order valence-corrected chi connectivity index (χ1v) is 7.55. The summed E-state index contributed by atoms with van der Waals surface area (Å²) in [5.41, 5.74) is 0.666. The Labute approximate surface area is 143 Å². The number of ether oxygens (including phenoxy) is 2. The van der Waals surface area contributed by atoms with Gasteiger partial charge in [0.15, 0.2) is 6.10 Å². The van der Waals surface area contributed by atoms with Crippen molar-refractivity contribution in [1.29, 1.82) is 0 Å². The summed E-state index contributed by atoms with van der Waals surface area (Å²) in [5, 5.41) is 3.84. The summed E-state index contributed by atoms with van der Waals surface area (Å²) in [6.45, 7) is 0. The van der Waals surface area contributed by atoms with Crippen LogP contribution in [0, 0.1) is 0 Å². The first-order valence-electron chi connectivity index (χ1n) is 6.76. The number of rotatable bonds is 3. The summed E-state index contributed by atoms with van der Waals surface area (Å²) in [4.78, 5) is 9.23. The smallest absolute Gasteiger partial charge is 0.438 e. The number of hydrogen-bond acceptors (Lipinski definition) is 5. The standard InChI is InChI=1S/C15H10BrF3N2O3/c16-10-5-12(8-20-7-10)22-14-6-13(24-21-14)9-1-3-11(4-2-9)23-15(17,18)19/h1-5,7-8,13H,6H2/t13-/m0/s1. The zero-order valence-electron chi connectivity index (χ0n) is 12.0. The second-order valence-electron chi connectivity index (χ2n) is 4.84. The van der Waals surface area contributed by atoms with Crippen molar-refractivity contribution in [1.82, 2.24) is 4.98 Å². The van der Waals surface area contributed by atoms with Gasteiger partial charge in [0.2, 0.25) is 5.90 Å². The molecule has 0 amide bonds. The molecule has 0 saturated heterocycles. The Bertz CT molecular complexity index is 750. The molecule has 2 heterocycles. The number of oxime groups is 1. The Balaban J connectivity index is 1.60. The van der Waals surface area contributed by atoms with E-state index in [1.165, 1.54) is 30.5 Å². The largest absolute Gasteiger partial charge is 0.573 e. The highest BCUT2D eigenvalue weighted by atomic mass is 79.9. The molecule has 1 aromatic carbocycles. The van der Waals surface area contributed by atoms with Crippen molar-refractivity contribution in [2.24, 2.45) is 5.16 Å². The number of hydrogen-bond donors (Lipinski definition) is 0. The second-order valence-corrected chi connectivity index (χ2v) is 5.76. The van der Waals surface area contributed by atoms with Crippen LogP contribution in [0.4, 0.5) is 13.2 Å². The molecular formula is C15H10BrF3N2O3. The van der Waals surface area contributed by atoms with E-state index in [2.05, 4.69) is 30.8 Å². The van der Waals surface area contributed by atoms with Crippen LogP contribution in [0.2, 0.25) is 0 Å². The molecule has 0 unspecified atom stereocenters. The van der Waals surface area contributed by atoms with Crippen molar-refractivity contribution < 1.29 is 27.5 Å². The number of alkyl halides is 3. The predicted molar refractivity (Wildman–Crippen MR) is 81.6 cm³/mol. The molecule has 0 bridgehead atoms. The lowest BCUT2D eigenvalue weighted by molar-refractivity contribution is -0.274. The van der Waals surface area contributed by atoms with Crippen LogP contribution in [0.5, 0.6) is 11.5 Å². The lowest BCUT2D eigenvalue weighted by Gasteiger charge is -2.11. The van der Waals surface area contributed by atoms with E-state index in [1.54, 1.807) is 12.3 Å². The summed E-state index contributed by atoms with van der Waals surface area (Å²) in [6, 6.07) is 7.16. The number of halogens is 4. The van der Waals surface area contributed by atoms with Gasteiger partial charge in [-0.25, -0.2) is 0 Å². The van der Waals surface area contributed by atoms with E-state index in [1.807, 2.05) is 0 Å². The molecule has 0 spiro atoms. The van der Waals surface area contributed by atoms with Gasteiger partial charge in [-0.2, -0.15) is 0 Å². The molecule has 9 heteroatoms. The zero-order chi connectivity index (χ0) is 17.2. The van der Waals surface area contributed by atoms with Crippen LogP contribution < -0.4 is 9.47 Å². The molecule has 5 nitrogen and oxygen atoms in total. The molecule has 1 aliphatic heterocycles. The lowest BCUT2D eigenvalue weighted by Crippen LogP contribution is -2.17. The van der Waals surface area contributed by atoms with Gasteiger partial charge in [0.25, 0.3) is 0 Å². The third kappa shape index (κ3) is 4.38. The zero-order valence-corrected chi connectivity index (χ0v) is 13.5. The van der Waals surface area contributed by atoms with Gasteiger partial charge in [0, 0.05) is 10.7 Å². The molecule has 24 heavy (non-hydrogen) atoms. The van der Waals surface area contributed by atoms with E-state index in [0.717, 1.165) is 4.47 Å². The molecular weight excluding hydrogens is 393 g/mol. The molecule has 1 atom stereocenters. The molecule has 0 fully saturated rings. The summed E-state index contributed by atoms with van der Waals surface area (Å²) >= 11 is 3.28. The van der Waals surface area contributed by atoms with Gasteiger partial charge in [0.1, 0.15) is 11.5 Å². The Kier molecular flexibility index (Phi) is 4.61. The first kappa shape index (κ1) is 16.6. The van der Waals surface area contributed by atoms with E-state index in [-0.39, 0.29) is 5.75 Å². The summed E-state index contributed by atoms with van der Waals surface area (Å²) in [5.74, 6) is 0.568. The van der Waals surface area contributed by atoms with Gasteiger partial charge < -0.3 is 14.3 Å². The van der Waals surface area contributed by atoms with Gasteiger partial charge in [0.05, 0.1) is 12.6 Å². The number of benzene rings is 1. The van der Waals surface area contributed by atoms with Crippen molar-refractivity contribution >= 4 is 21.8 Å². The fourth-order valence-corrected chi connectivity index (χ4v) is 2.41. The van der Waals surface area contributed by atoms with Crippen LogP contribution in [-0.4, -0.2) is 17.2 Å². The predicted octanol–water partition coefficient (Wildman–Crippen LogP) is 4.60. The Morgan fingerprint density at radius 3 is 2.54 bits per heavy atom.